The van der Waals surface area contributed by atoms with Crippen LogP contribution in [-0.4, -0.2) is 30.0 Å². The topological polar surface area (TPSA) is 55.1 Å². The highest BCUT2D eigenvalue weighted by atomic mass is 33.1. The number of amides is 1. The minimum Gasteiger partial charge on any atom is -0.355 e. The molecule has 1 unspecified atom stereocenters. The lowest BCUT2D eigenvalue weighted by Gasteiger charge is -2.06. The molecule has 0 spiro atoms. The monoisotopic (exact) mass is 222 g/mol. The molecule has 0 aliphatic carbocycles. The van der Waals surface area contributed by atoms with Crippen molar-refractivity contribution in [3.8, 4) is 0 Å². The average Bonchev–Trinajstić information content (AvgIpc) is 2.10. The summed E-state index contributed by atoms with van der Waals surface area (Å²) >= 11 is 0. The molecule has 1 atom stereocenters. The van der Waals surface area contributed by atoms with Crippen LogP contribution >= 0.6 is 21.6 Å². The van der Waals surface area contributed by atoms with E-state index in [2.05, 4.69) is 12.2 Å². The molecule has 0 heterocycles. The molecule has 0 saturated heterocycles. The van der Waals surface area contributed by atoms with Gasteiger partial charge in [-0.1, -0.05) is 28.5 Å². The van der Waals surface area contributed by atoms with Crippen molar-refractivity contribution in [2.45, 2.75) is 26.3 Å². The van der Waals surface area contributed by atoms with E-state index in [0.29, 0.717) is 6.04 Å². The van der Waals surface area contributed by atoms with Gasteiger partial charge in [-0.05, 0) is 6.42 Å². The lowest BCUT2D eigenvalue weighted by molar-refractivity contribution is -0.118. The molecule has 13 heavy (non-hydrogen) atoms. The fourth-order valence-corrected chi connectivity index (χ4v) is 2.81. The van der Waals surface area contributed by atoms with Crippen LogP contribution in [0.15, 0.2) is 0 Å². The number of rotatable bonds is 7. The van der Waals surface area contributed by atoms with E-state index < -0.39 is 0 Å². The molecule has 0 aliphatic heterocycles. The maximum atomic E-state index is 10.5. The van der Waals surface area contributed by atoms with Gasteiger partial charge in [0.05, 0.1) is 0 Å². The first-order chi connectivity index (χ1) is 6.16. The van der Waals surface area contributed by atoms with Crippen LogP contribution < -0.4 is 11.1 Å². The van der Waals surface area contributed by atoms with Gasteiger partial charge in [-0.25, -0.2) is 0 Å². The van der Waals surface area contributed by atoms with Crippen molar-refractivity contribution in [2.75, 3.05) is 18.1 Å². The quantitative estimate of drug-likeness (QED) is 0.503. The molecule has 0 aromatic carbocycles. The molecule has 0 bridgehead atoms. The van der Waals surface area contributed by atoms with Crippen molar-refractivity contribution >= 4 is 27.5 Å². The second-order valence-electron chi connectivity index (χ2n) is 2.76. The molecular weight excluding hydrogens is 204 g/mol. The highest BCUT2D eigenvalue weighted by Crippen LogP contribution is 2.21. The van der Waals surface area contributed by atoms with Gasteiger partial charge < -0.3 is 11.1 Å². The van der Waals surface area contributed by atoms with Gasteiger partial charge in [-0.15, -0.1) is 0 Å². The Morgan fingerprint density at radius 3 is 2.77 bits per heavy atom. The minimum atomic E-state index is 0.0378. The van der Waals surface area contributed by atoms with Crippen molar-refractivity contribution in [2.24, 2.45) is 5.73 Å². The molecular formula is C8H18N2OS2. The van der Waals surface area contributed by atoms with Crippen LogP contribution in [0.1, 0.15) is 20.3 Å². The Morgan fingerprint density at radius 1 is 1.54 bits per heavy atom. The van der Waals surface area contributed by atoms with Gasteiger partial charge in [0.25, 0.3) is 0 Å². The normalized spacial score (nSPS) is 12.5. The van der Waals surface area contributed by atoms with Gasteiger partial charge in [0.15, 0.2) is 0 Å². The van der Waals surface area contributed by atoms with Crippen molar-refractivity contribution in [3.05, 3.63) is 0 Å². The largest absolute Gasteiger partial charge is 0.355 e. The first kappa shape index (κ1) is 13.1. The Labute approximate surface area is 88.0 Å². The highest BCUT2D eigenvalue weighted by molar-refractivity contribution is 8.76. The van der Waals surface area contributed by atoms with Crippen molar-refractivity contribution in [1.29, 1.82) is 0 Å². The standard InChI is InChI=1S/C8H18N2OS2/c1-3-8(9)6-13-12-5-4-10-7(2)11/h8H,3-6,9H2,1-2H3,(H,10,11). The molecule has 0 aromatic heterocycles. The van der Waals surface area contributed by atoms with Crippen LogP contribution in [-0.2, 0) is 4.79 Å². The summed E-state index contributed by atoms with van der Waals surface area (Å²) in [4.78, 5) is 10.5. The zero-order chi connectivity index (χ0) is 10.1. The Kier molecular flexibility index (Phi) is 8.80. The lowest BCUT2D eigenvalue weighted by Crippen LogP contribution is -2.22. The van der Waals surface area contributed by atoms with E-state index in [9.17, 15) is 4.79 Å². The number of carbonyl (C=O) groups is 1. The molecule has 3 nitrogen and oxygen atoms in total. The lowest BCUT2D eigenvalue weighted by atomic mass is 10.3. The molecule has 0 aromatic rings. The predicted molar refractivity (Wildman–Crippen MR) is 61.9 cm³/mol. The van der Waals surface area contributed by atoms with E-state index in [4.69, 9.17) is 5.73 Å². The molecule has 0 aliphatic rings. The summed E-state index contributed by atoms with van der Waals surface area (Å²) in [6, 6.07) is 0.304. The summed E-state index contributed by atoms with van der Waals surface area (Å²) in [5, 5.41) is 2.74. The Bertz CT molecular complexity index is 144. The second-order valence-corrected chi connectivity index (χ2v) is 5.38. The SMILES string of the molecule is CCC(N)CSSCCNC(C)=O. The van der Waals surface area contributed by atoms with Crippen LogP contribution in [0.25, 0.3) is 0 Å². The summed E-state index contributed by atoms with van der Waals surface area (Å²) < 4.78 is 0. The van der Waals surface area contributed by atoms with Gasteiger partial charge in [0.1, 0.15) is 0 Å². The summed E-state index contributed by atoms with van der Waals surface area (Å²) in [5.74, 6) is 1.97. The van der Waals surface area contributed by atoms with E-state index in [1.54, 1.807) is 21.6 Å². The molecule has 0 radical (unpaired) electrons. The van der Waals surface area contributed by atoms with Gasteiger partial charge >= 0.3 is 0 Å². The number of hydrogen-bond acceptors (Lipinski definition) is 4. The smallest absolute Gasteiger partial charge is 0.216 e. The molecule has 0 rings (SSSR count). The highest BCUT2D eigenvalue weighted by Gasteiger charge is 1.98. The van der Waals surface area contributed by atoms with E-state index >= 15 is 0 Å². The molecule has 0 fully saturated rings. The van der Waals surface area contributed by atoms with Gasteiger partial charge in [-0.3, -0.25) is 4.79 Å². The van der Waals surface area contributed by atoms with E-state index in [-0.39, 0.29) is 5.91 Å². The zero-order valence-corrected chi connectivity index (χ0v) is 9.84. The first-order valence-corrected chi connectivity index (χ1v) is 6.90. The summed E-state index contributed by atoms with van der Waals surface area (Å²) in [6.45, 7) is 4.37. The third kappa shape index (κ3) is 10.0. The molecule has 0 saturated carbocycles. The number of nitrogens with two attached hydrogens (primary N) is 1. The third-order valence-corrected chi connectivity index (χ3v) is 3.96. The Balaban J connectivity index is 3.04. The summed E-state index contributed by atoms with van der Waals surface area (Å²) in [6.07, 6.45) is 1.03. The van der Waals surface area contributed by atoms with Crippen molar-refractivity contribution < 1.29 is 4.79 Å². The fourth-order valence-electron chi connectivity index (χ4n) is 0.581. The Hall–Kier alpha value is 0.130. The molecule has 1 amide bonds. The summed E-state index contributed by atoms with van der Waals surface area (Å²) in [7, 11) is 3.54. The van der Waals surface area contributed by atoms with Crippen LogP contribution in [0, 0.1) is 0 Å². The van der Waals surface area contributed by atoms with E-state index in [1.807, 2.05) is 0 Å². The predicted octanol–water partition coefficient (Wildman–Crippen LogP) is 1.24. The number of hydrogen-bond donors (Lipinski definition) is 2. The maximum absolute atomic E-state index is 10.5. The van der Waals surface area contributed by atoms with Gasteiger partial charge in [0, 0.05) is 31.0 Å². The Morgan fingerprint density at radius 2 is 2.23 bits per heavy atom. The first-order valence-electron chi connectivity index (χ1n) is 4.41. The van der Waals surface area contributed by atoms with Crippen LogP contribution in [0.2, 0.25) is 0 Å². The van der Waals surface area contributed by atoms with Crippen molar-refractivity contribution in [1.82, 2.24) is 5.32 Å². The number of nitrogens with one attached hydrogen (secondary N) is 1. The molecule has 78 valence electrons. The number of carbonyl (C=O) groups excluding carboxylic acids is 1. The third-order valence-electron chi connectivity index (χ3n) is 1.45. The molecule has 5 heteroatoms. The summed E-state index contributed by atoms with van der Waals surface area (Å²) in [5.41, 5.74) is 5.73. The van der Waals surface area contributed by atoms with Crippen LogP contribution in [0.3, 0.4) is 0 Å². The van der Waals surface area contributed by atoms with Crippen LogP contribution in [0.5, 0.6) is 0 Å². The second kappa shape index (κ2) is 8.72. The fraction of sp³-hybridized carbons (Fsp3) is 0.875. The zero-order valence-electron chi connectivity index (χ0n) is 8.21. The van der Waals surface area contributed by atoms with Gasteiger partial charge in [0.2, 0.25) is 5.91 Å². The van der Waals surface area contributed by atoms with Crippen LogP contribution in [0.4, 0.5) is 0 Å². The van der Waals surface area contributed by atoms with E-state index in [0.717, 1.165) is 24.5 Å². The minimum absolute atomic E-state index is 0.0378. The average molecular weight is 222 g/mol. The van der Waals surface area contributed by atoms with Crippen molar-refractivity contribution in [3.63, 3.8) is 0 Å². The molecule has 3 N–H and O–H groups in total. The maximum Gasteiger partial charge on any atom is 0.216 e. The van der Waals surface area contributed by atoms with Gasteiger partial charge in [-0.2, -0.15) is 0 Å². The van der Waals surface area contributed by atoms with E-state index in [1.165, 1.54) is 6.92 Å².